The quantitative estimate of drug-likeness (QED) is 0.524. The number of carbonyl (C=O) groups is 4. The molecule has 0 fully saturated rings. The first-order valence-electron chi connectivity index (χ1n) is 8.41. The molecule has 0 saturated heterocycles. The van der Waals surface area contributed by atoms with Crippen molar-refractivity contribution in [3.8, 4) is 0 Å². The average molecular weight is 394 g/mol. The fraction of sp³-hybridized carbons (Fsp3) is 0.158. The first kappa shape index (κ1) is 18.3. The van der Waals surface area contributed by atoms with Crippen molar-refractivity contribution in [2.45, 2.75) is 6.92 Å². The number of amides is 2. The van der Waals surface area contributed by atoms with Crippen LogP contribution in [0.3, 0.4) is 0 Å². The minimum absolute atomic E-state index is 0.00952. The van der Waals surface area contributed by atoms with Crippen molar-refractivity contribution in [3.63, 3.8) is 0 Å². The molecule has 0 spiro atoms. The summed E-state index contributed by atoms with van der Waals surface area (Å²) in [4.78, 5) is 55.2. The number of pyridine rings is 1. The van der Waals surface area contributed by atoms with Gasteiger partial charge < -0.3 is 9.47 Å². The third-order valence-electron chi connectivity index (χ3n) is 4.63. The fourth-order valence-electron chi connectivity index (χ4n) is 3.29. The van der Waals surface area contributed by atoms with Crippen molar-refractivity contribution in [1.29, 1.82) is 0 Å². The van der Waals surface area contributed by atoms with E-state index in [1.165, 1.54) is 38.6 Å². The number of hydrogen-bond acceptors (Lipinski definition) is 8. The Kier molecular flexibility index (Phi) is 4.11. The Morgan fingerprint density at radius 2 is 1.62 bits per heavy atom. The molecule has 1 N–H and O–H groups in total. The molecule has 1 aliphatic rings. The van der Waals surface area contributed by atoms with Crippen molar-refractivity contribution in [2.24, 2.45) is 0 Å². The molecular formula is C19H14N4O6. The second-order valence-electron chi connectivity index (χ2n) is 6.29. The summed E-state index contributed by atoms with van der Waals surface area (Å²) in [6.45, 7) is 1.71. The molecule has 10 nitrogen and oxygen atoms in total. The summed E-state index contributed by atoms with van der Waals surface area (Å²) in [7, 11) is 2.36. The summed E-state index contributed by atoms with van der Waals surface area (Å²) in [5.74, 6) is -2.70. The number of aromatic nitrogens is 3. The monoisotopic (exact) mass is 394 g/mol. The number of imide groups is 1. The molecule has 2 aromatic heterocycles. The highest BCUT2D eigenvalue weighted by Crippen LogP contribution is 2.34. The number of aryl methyl sites for hydroxylation is 1. The molecule has 4 rings (SSSR count). The Morgan fingerprint density at radius 1 is 1.00 bits per heavy atom. The lowest BCUT2D eigenvalue weighted by atomic mass is 10.1. The summed E-state index contributed by atoms with van der Waals surface area (Å²) in [6.07, 6.45) is 1.28. The van der Waals surface area contributed by atoms with Gasteiger partial charge in [0.05, 0.1) is 47.5 Å². The Balaban J connectivity index is 1.91. The van der Waals surface area contributed by atoms with Crippen LogP contribution in [0, 0.1) is 6.92 Å². The van der Waals surface area contributed by atoms with E-state index in [-0.39, 0.29) is 27.9 Å². The molecule has 29 heavy (non-hydrogen) atoms. The van der Waals surface area contributed by atoms with Crippen LogP contribution in [0.5, 0.6) is 0 Å². The Labute approximate surface area is 163 Å². The third kappa shape index (κ3) is 2.64. The molecule has 1 aromatic carbocycles. The van der Waals surface area contributed by atoms with Crippen molar-refractivity contribution in [3.05, 3.63) is 52.3 Å². The number of H-pyrrole nitrogens is 1. The molecule has 0 atom stereocenters. The van der Waals surface area contributed by atoms with Gasteiger partial charge in [-0.1, -0.05) is 0 Å². The zero-order chi connectivity index (χ0) is 20.9. The van der Waals surface area contributed by atoms with Gasteiger partial charge in [-0.3, -0.25) is 14.7 Å². The topological polar surface area (TPSA) is 132 Å². The molecule has 3 aromatic rings. The number of benzene rings is 1. The molecule has 10 heteroatoms. The van der Waals surface area contributed by atoms with Crippen LogP contribution in [0.2, 0.25) is 0 Å². The highest BCUT2D eigenvalue weighted by atomic mass is 16.5. The number of fused-ring (bicyclic) bond motifs is 3. The first-order valence-corrected chi connectivity index (χ1v) is 8.41. The number of ether oxygens (including phenoxy) is 2. The summed E-state index contributed by atoms with van der Waals surface area (Å²) in [5, 5.41) is 7.20. The molecule has 0 saturated carbocycles. The van der Waals surface area contributed by atoms with E-state index in [9.17, 15) is 19.2 Å². The van der Waals surface area contributed by atoms with Crippen LogP contribution >= 0.6 is 0 Å². The molecule has 0 unspecified atom stereocenters. The van der Waals surface area contributed by atoms with Gasteiger partial charge in [-0.15, -0.1) is 0 Å². The number of nitrogens with one attached hydrogen (secondary N) is 1. The van der Waals surface area contributed by atoms with Gasteiger partial charge in [-0.2, -0.15) is 5.10 Å². The van der Waals surface area contributed by atoms with Crippen LogP contribution in [0.25, 0.3) is 11.0 Å². The number of rotatable bonds is 3. The molecule has 0 bridgehead atoms. The van der Waals surface area contributed by atoms with E-state index in [2.05, 4.69) is 15.2 Å². The number of hydrogen-bond donors (Lipinski definition) is 1. The standard InChI is InChI=1S/C19H14N4O6/c1-8-13-14-12(7-20-15(13)22-21-8)16(24)23(17(14)25)11-5-9(18(26)28-2)4-10(6-11)19(27)29-3/h4-7H,1-3H3,(H,20,21,22). The van der Waals surface area contributed by atoms with Crippen LogP contribution in [-0.4, -0.2) is 53.2 Å². The number of methoxy groups -OCH3 is 2. The number of nitrogens with zero attached hydrogens (tertiary/aromatic N) is 3. The smallest absolute Gasteiger partial charge is 0.337 e. The van der Waals surface area contributed by atoms with Gasteiger partial charge in [-0.05, 0) is 25.1 Å². The number of carbonyl (C=O) groups excluding carboxylic acids is 4. The lowest BCUT2D eigenvalue weighted by Crippen LogP contribution is -2.30. The van der Waals surface area contributed by atoms with Crippen LogP contribution < -0.4 is 4.90 Å². The van der Waals surface area contributed by atoms with E-state index < -0.39 is 23.8 Å². The maximum Gasteiger partial charge on any atom is 0.337 e. The van der Waals surface area contributed by atoms with Crippen LogP contribution in [0.4, 0.5) is 5.69 Å². The van der Waals surface area contributed by atoms with E-state index in [1.54, 1.807) is 6.92 Å². The summed E-state index contributed by atoms with van der Waals surface area (Å²) in [6, 6.07) is 3.86. The second kappa shape index (κ2) is 6.51. The zero-order valence-electron chi connectivity index (χ0n) is 15.6. The van der Waals surface area contributed by atoms with Crippen molar-refractivity contribution in [2.75, 3.05) is 19.1 Å². The zero-order valence-corrected chi connectivity index (χ0v) is 15.6. The first-order chi connectivity index (χ1) is 13.9. The van der Waals surface area contributed by atoms with E-state index >= 15 is 0 Å². The average Bonchev–Trinajstić information content (AvgIpc) is 3.23. The van der Waals surface area contributed by atoms with Gasteiger partial charge in [0, 0.05) is 11.9 Å². The minimum atomic E-state index is -0.733. The van der Waals surface area contributed by atoms with E-state index in [1.807, 2.05) is 0 Å². The van der Waals surface area contributed by atoms with Crippen LogP contribution in [-0.2, 0) is 9.47 Å². The van der Waals surface area contributed by atoms with Gasteiger partial charge in [0.2, 0.25) is 0 Å². The maximum absolute atomic E-state index is 13.2. The number of esters is 2. The van der Waals surface area contributed by atoms with Crippen LogP contribution in [0.15, 0.2) is 24.4 Å². The number of anilines is 1. The van der Waals surface area contributed by atoms with E-state index in [0.717, 1.165) is 4.90 Å². The van der Waals surface area contributed by atoms with Gasteiger partial charge in [0.1, 0.15) is 0 Å². The summed E-state index contributed by atoms with van der Waals surface area (Å²) < 4.78 is 9.40. The summed E-state index contributed by atoms with van der Waals surface area (Å²) >= 11 is 0. The molecular weight excluding hydrogens is 380 g/mol. The Bertz CT molecular complexity index is 1190. The SMILES string of the molecule is COC(=O)c1cc(C(=O)OC)cc(N2C(=O)c3cnc4n[nH]c(C)c4c3C2=O)c1. The normalized spacial score (nSPS) is 13.0. The van der Waals surface area contributed by atoms with Gasteiger partial charge >= 0.3 is 11.9 Å². The van der Waals surface area contributed by atoms with E-state index in [0.29, 0.717) is 16.7 Å². The molecule has 1 aliphatic heterocycles. The minimum Gasteiger partial charge on any atom is -0.465 e. The molecule has 2 amide bonds. The van der Waals surface area contributed by atoms with Gasteiger partial charge in [0.15, 0.2) is 5.65 Å². The highest BCUT2D eigenvalue weighted by molar-refractivity contribution is 6.37. The predicted octanol–water partition coefficient (Wildman–Crippen LogP) is 1.64. The molecule has 0 aliphatic carbocycles. The summed E-state index contributed by atoms with van der Waals surface area (Å²) in [5.41, 5.74) is 1.18. The predicted molar refractivity (Wildman–Crippen MR) is 98.9 cm³/mol. The second-order valence-corrected chi connectivity index (χ2v) is 6.29. The van der Waals surface area contributed by atoms with E-state index in [4.69, 9.17) is 9.47 Å². The van der Waals surface area contributed by atoms with Crippen LogP contribution in [0.1, 0.15) is 47.1 Å². The number of aromatic amines is 1. The fourth-order valence-corrected chi connectivity index (χ4v) is 3.29. The van der Waals surface area contributed by atoms with Gasteiger partial charge in [0.25, 0.3) is 11.8 Å². The Morgan fingerprint density at radius 3 is 2.21 bits per heavy atom. The van der Waals surface area contributed by atoms with Crippen molar-refractivity contribution >= 4 is 40.5 Å². The lowest BCUT2D eigenvalue weighted by molar-refractivity contribution is 0.0598. The molecule has 146 valence electrons. The van der Waals surface area contributed by atoms with Crippen molar-refractivity contribution in [1.82, 2.24) is 15.2 Å². The third-order valence-corrected chi connectivity index (χ3v) is 4.63. The largest absolute Gasteiger partial charge is 0.465 e. The van der Waals surface area contributed by atoms with Crippen molar-refractivity contribution < 1.29 is 28.7 Å². The van der Waals surface area contributed by atoms with Gasteiger partial charge in [-0.25, -0.2) is 19.5 Å². The maximum atomic E-state index is 13.2. The highest BCUT2D eigenvalue weighted by Gasteiger charge is 2.40. The Hall–Kier alpha value is -4.08. The molecule has 3 heterocycles. The molecule has 0 radical (unpaired) electrons. The lowest BCUT2D eigenvalue weighted by Gasteiger charge is -2.16.